The first-order valence-electron chi connectivity index (χ1n) is 8.83. The smallest absolute Gasteiger partial charge is 0.307 e. The van der Waals surface area contributed by atoms with Crippen LogP contribution in [0.4, 0.5) is 0 Å². The molecule has 1 aromatic carbocycles. The van der Waals surface area contributed by atoms with Gasteiger partial charge in [-0.2, -0.15) is 0 Å². The maximum absolute atomic E-state index is 12.2. The first-order valence-corrected chi connectivity index (χ1v) is 8.83. The van der Waals surface area contributed by atoms with Crippen molar-refractivity contribution in [1.29, 1.82) is 0 Å². The molecule has 0 unspecified atom stereocenters. The SMILES string of the molecule is COC(=O)C[C@H]1CCCCN1CC(=O)NCCc1ccc(OC)cc1. The van der Waals surface area contributed by atoms with Crippen LogP contribution in [0.2, 0.25) is 0 Å². The number of ether oxygens (including phenoxy) is 2. The summed E-state index contributed by atoms with van der Waals surface area (Å²) in [5.74, 6) is 0.622. The quantitative estimate of drug-likeness (QED) is 0.725. The molecule has 0 aromatic heterocycles. The highest BCUT2D eigenvalue weighted by molar-refractivity contribution is 5.78. The number of likely N-dealkylation sites (tertiary alicyclic amines) is 1. The van der Waals surface area contributed by atoms with Crippen LogP contribution in [-0.2, 0) is 20.7 Å². The van der Waals surface area contributed by atoms with E-state index < -0.39 is 0 Å². The third kappa shape index (κ3) is 6.38. The van der Waals surface area contributed by atoms with Gasteiger partial charge in [-0.3, -0.25) is 14.5 Å². The minimum Gasteiger partial charge on any atom is -0.497 e. The molecular weight excluding hydrogens is 320 g/mol. The molecule has 25 heavy (non-hydrogen) atoms. The Bertz CT molecular complexity index is 559. The number of rotatable bonds is 8. The van der Waals surface area contributed by atoms with Gasteiger partial charge in [-0.15, -0.1) is 0 Å². The highest BCUT2D eigenvalue weighted by Crippen LogP contribution is 2.19. The molecule has 0 radical (unpaired) electrons. The van der Waals surface area contributed by atoms with E-state index in [1.807, 2.05) is 24.3 Å². The number of carbonyl (C=O) groups is 2. The summed E-state index contributed by atoms with van der Waals surface area (Å²) in [6.07, 6.45) is 4.24. The molecule has 6 nitrogen and oxygen atoms in total. The Hall–Kier alpha value is -2.08. The normalized spacial score (nSPS) is 17.8. The van der Waals surface area contributed by atoms with Crippen LogP contribution < -0.4 is 10.1 Å². The molecule has 6 heteroatoms. The van der Waals surface area contributed by atoms with E-state index in [0.29, 0.717) is 19.5 Å². The monoisotopic (exact) mass is 348 g/mol. The highest BCUT2D eigenvalue weighted by atomic mass is 16.5. The van der Waals surface area contributed by atoms with E-state index in [1.54, 1.807) is 7.11 Å². The molecule has 1 amide bonds. The van der Waals surface area contributed by atoms with Gasteiger partial charge in [0.05, 0.1) is 27.2 Å². The third-order valence-electron chi connectivity index (χ3n) is 4.62. The number of amides is 1. The van der Waals surface area contributed by atoms with Gasteiger partial charge in [0.25, 0.3) is 0 Å². The average Bonchev–Trinajstić information content (AvgIpc) is 2.63. The summed E-state index contributed by atoms with van der Waals surface area (Å²) in [6, 6.07) is 7.95. The fourth-order valence-electron chi connectivity index (χ4n) is 3.15. The van der Waals surface area contributed by atoms with Crippen LogP contribution in [0.25, 0.3) is 0 Å². The molecule has 2 rings (SSSR count). The number of methoxy groups -OCH3 is 2. The topological polar surface area (TPSA) is 67.9 Å². The zero-order valence-corrected chi connectivity index (χ0v) is 15.1. The minimum absolute atomic E-state index is 0.00489. The number of esters is 1. The molecule has 0 bridgehead atoms. The molecule has 1 saturated heterocycles. The Morgan fingerprint density at radius 1 is 1.20 bits per heavy atom. The first-order chi connectivity index (χ1) is 12.1. The van der Waals surface area contributed by atoms with E-state index >= 15 is 0 Å². The van der Waals surface area contributed by atoms with Gasteiger partial charge in [0.2, 0.25) is 5.91 Å². The molecule has 0 saturated carbocycles. The zero-order chi connectivity index (χ0) is 18.1. The van der Waals surface area contributed by atoms with Crippen molar-refractivity contribution in [3.8, 4) is 5.75 Å². The van der Waals surface area contributed by atoms with E-state index in [1.165, 1.54) is 7.11 Å². The Labute approximate surface area is 149 Å². The van der Waals surface area contributed by atoms with E-state index in [0.717, 1.165) is 43.5 Å². The molecule has 1 heterocycles. The van der Waals surface area contributed by atoms with Crippen molar-refractivity contribution in [2.45, 2.75) is 38.1 Å². The number of hydrogen-bond donors (Lipinski definition) is 1. The Balaban J connectivity index is 1.74. The number of hydrogen-bond acceptors (Lipinski definition) is 5. The summed E-state index contributed by atoms with van der Waals surface area (Å²) in [4.78, 5) is 25.8. The van der Waals surface area contributed by atoms with Gasteiger partial charge in [-0.25, -0.2) is 0 Å². The average molecular weight is 348 g/mol. The first kappa shape index (κ1) is 19.2. The van der Waals surface area contributed by atoms with Crippen molar-refractivity contribution >= 4 is 11.9 Å². The lowest BCUT2D eigenvalue weighted by Gasteiger charge is -2.34. The Morgan fingerprint density at radius 3 is 2.64 bits per heavy atom. The summed E-state index contributed by atoms with van der Waals surface area (Å²) in [5.41, 5.74) is 1.16. The lowest BCUT2D eigenvalue weighted by Crippen LogP contribution is -2.46. The molecule has 1 aromatic rings. The van der Waals surface area contributed by atoms with Gasteiger partial charge in [-0.1, -0.05) is 18.6 Å². The molecule has 0 aliphatic carbocycles. The van der Waals surface area contributed by atoms with Crippen LogP contribution in [0.5, 0.6) is 5.75 Å². The van der Waals surface area contributed by atoms with Gasteiger partial charge < -0.3 is 14.8 Å². The van der Waals surface area contributed by atoms with Crippen molar-refractivity contribution in [2.24, 2.45) is 0 Å². The largest absolute Gasteiger partial charge is 0.497 e. The number of carbonyl (C=O) groups excluding carboxylic acids is 2. The van der Waals surface area contributed by atoms with Crippen molar-refractivity contribution in [3.05, 3.63) is 29.8 Å². The number of benzene rings is 1. The molecule has 138 valence electrons. The van der Waals surface area contributed by atoms with Crippen molar-refractivity contribution in [3.63, 3.8) is 0 Å². The van der Waals surface area contributed by atoms with Gasteiger partial charge in [0, 0.05) is 12.6 Å². The second-order valence-electron chi connectivity index (χ2n) is 6.35. The third-order valence-corrected chi connectivity index (χ3v) is 4.62. The number of nitrogens with one attached hydrogen (secondary N) is 1. The van der Waals surface area contributed by atoms with E-state index in [-0.39, 0.29) is 17.9 Å². The minimum atomic E-state index is -0.211. The molecule has 1 aliphatic heterocycles. The summed E-state index contributed by atoms with van der Waals surface area (Å²) >= 11 is 0. The summed E-state index contributed by atoms with van der Waals surface area (Å²) < 4.78 is 9.90. The van der Waals surface area contributed by atoms with Crippen molar-refractivity contribution in [2.75, 3.05) is 33.9 Å². The molecule has 1 N–H and O–H groups in total. The molecule has 1 fully saturated rings. The molecular formula is C19H28N2O4. The van der Waals surface area contributed by atoms with Crippen molar-refractivity contribution < 1.29 is 19.1 Å². The van der Waals surface area contributed by atoms with Crippen LogP contribution in [-0.4, -0.2) is 56.7 Å². The van der Waals surface area contributed by atoms with Crippen LogP contribution in [0.3, 0.4) is 0 Å². The zero-order valence-electron chi connectivity index (χ0n) is 15.1. The predicted molar refractivity (Wildman–Crippen MR) is 95.6 cm³/mol. The summed E-state index contributed by atoms with van der Waals surface area (Å²) in [5, 5.41) is 2.97. The van der Waals surface area contributed by atoms with E-state index in [2.05, 4.69) is 10.2 Å². The highest BCUT2D eigenvalue weighted by Gasteiger charge is 2.26. The van der Waals surface area contributed by atoms with E-state index in [9.17, 15) is 9.59 Å². The van der Waals surface area contributed by atoms with Crippen LogP contribution >= 0.6 is 0 Å². The maximum Gasteiger partial charge on any atom is 0.307 e. The fraction of sp³-hybridized carbons (Fsp3) is 0.579. The Kier molecular flexibility index (Phi) is 7.73. The predicted octanol–water partition coefficient (Wildman–Crippen LogP) is 1.77. The van der Waals surface area contributed by atoms with E-state index in [4.69, 9.17) is 9.47 Å². The van der Waals surface area contributed by atoms with Crippen LogP contribution in [0.1, 0.15) is 31.2 Å². The number of piperidine rings is 1. The Morgan fingerprint density at radius 2 is 1.96 bits per heavy atom. The molecule has 0 spiro atoms. The van der Waals surface area contributed by atoms with Crippen molar-refractivity contribution in [1.82, 2.24) is 10.2 Å². The molecule has 1 aliphatic rings. The van der Waals surface area contributed by atoms with Crippen LogP contribution in [0.15, 0.2) is 24.3 Å². The lowest BCUT2D eigenvalue weighted by atomic mass is 9.99. The second-order valence-corrected chi connectivity index (χ2v) is 6.35. The molecule has 1 atom stereocenters. The lowest BCUT2D eigenvalue weighted by molar-refractivity contribution is -0.143. The van der Waals surface area contributed by atoms with Gasteiger partial charge >= 0.3 is 5.97 Å². The standard InChI is InChI=1S/C19H28N2O4/c1-24-17-8-6-15(7-9-17)10-11-20-18(22)14-21-12-4-3-5-16(21)13-19(23)25-2/h6-9,16H,3-5,10-14H2,1-2H3,(H,20,22)/t16-/m1/s1. The fourth-order valence-corrected chi connectivity index (χ4v) is 3.15. The maximum atomic E-state index is 12.2. The number of nitrogens with zero attached hydrogens (tertiary/aromatic N) is 1. The van der Waals surface area contributed by atoms with Gasteiger partial charge in [0.1, 0.15) is 5.75 Å². The summed E-state index contributed by atoms with van der Waals surface area (Å²) in [6.45, 7) is 1.79. The summed E-state index contributed by atoms with van der Waals surface area (Å²) in [7, 11) is 3.05. The van der Waals surface area contributed by atoms with Crippen LogP contribution in [0, 0.1) is 0 Å². The van der Waals surface area contributed by atoms with Gasteiger partial charge in [-0.05, 0) is 43.5 Å². The van der Waals surface area contributed by atoms with Gasteiger partial charge in [0.15, 0.2) is 0 Å². The second kappa shape index (κ2) is 10.0.